The molecule has 4 aliphatic carbocycles. The second-order valence-corrected chi connectivity index (χ2v) is 11.6. The van der Waals surface area contributed by atoms with Gasteiger partial charge in [0.25, 0.3) is 0 Å². The Balaban J connectivity index is 1.33. The molecule has 0 aromatic heterocycles. The van der Waals surface area contributed by atoms with Gasteiger partial charge in [-0.1, -0.05) is 30.3 Å². The van der Waals surface area contributed by atoms with E-state index in [1.165, 1.54) is 37.9 Å². The monoisotopic (exact) mass is 410 g/mol. The molecule has 3 aliphatic heterocycles. The van der Waals surface area contributed by atoms with Crippen LogP contribution < -0.4 is 5.32 Å². The van der Waals surface area contributed by atoms with Crippen LogP contribution in [0.4, 0.5) is 4.39 Å². The van der Waals surface area contributed by atoms with E-state index >= 15 is 0 Å². The number of nitrogens with one attached hydrogen (secondary N) is 1. The second-order valence-electron chi connectivity index (χ2n) is 11.6. The molecule has 0 radical (unpaired) electrons. The molecule has 3 nitrogen and oxygen atoms in total. The van der Waals surface area contributed by atoms with Gasteiger partial charge in [0.05, 0.1) is 12.1 Å². The number of benzene rings is 1. The zero-order valence-corrected chi connectivity index (χ0v) is 18.0. The number of rotatable bonds is 5. The van der Waals surface area contributed by atoms with E-state index in [2.05, 4.69) is 40.5 Å². The normalized spacial score (nSPS) is 46.2. The Morgan fingerprint density at radius 1 is 1.07 bits per heavy atom. The first-order chi connectivity index (χ1) is 14.5. The van der Waals surface area contributed by atoms with Crippen LogP contribution >= 0.6 is 0 Å². The fourth-order valence-electron chi connectivity index (χ4n) is 8.93. The number of hydrogen-bond donors (Lipinski definition) is 1. The van der Waals surface area contributed by atoms with Crippen molar-refractivity contribution in [2.45, 2.75) is 69.2 Å². The lowest BCUT2D eigenvalue weighted by molar-refractivity contribution is -0.166. The van der Waals surface area contributed by atoms with Gasteiger partial charge >= 0.3 is 0 Å². The highest BCUT2D eigenvalue weighted by molar-refractivity contribution is 5.84. The summed E-state index contributed by atoms with van der Waals surface area (Å²) < 4.78 is 13.7. The van der Waals surface area contributed by atoms with Gasteiger partial charge in [0, 0.05) is 12.6 Å². The second kappa shape index (κ2) is 6.79. The lowest BCUT2D eigenvalue weighted by Crippen LogP contribution is -2.65. The molecule has 1 aromatic rings. The number of amides is 1. The van der Waals surface area contributed by atoms with Gasteiger partial charge in [0.2, 0.25) is 5.91 Å². The highest BCUT2D eigenvalue weighted by Gasteiger charge is 2.65. The van der Waals surface area contributed by atoms with E-state index in [4.69, 9.17) is 0 Å². The van der Waals surface area contributed by atoms with Crippen molar-refractivity contribution in [3.05, 3.63) is 35.9 Å². The molecule has 1 N–H and O–H groups in total. The smallest absolute Gasteiger partial charge is 0.226 e. The largest absolute Gasteiger partial charge is 0.351 e. The highest BCUT2D eigenvalue weighted by Crippen LogP contribution is 2.71. The molecule has 0 spiro atoms. The Bertz CT molecular complexity index is 822. The van der Waals surface area contributed by atoms with Crippen LogP contribution in [-0.2, 0) is 10.2 Å². The van der Waals surface area contributed by atoms with E-state index in [9.17, 15) is 9.18 Å². The van der Waals surface area contributed by atoms with Gasteiger partial charge in [-0.3, -0.25) is 9.18 Å². The van der Waals surface area contributed by atoms with Crippen molar-refractivity contribution in [1.82, 2.24) is 10.2 Å². The number of nitrogens with zero attached hydrogens (tertiary/aromatic N) is 1. The maximum absolute atomic E-state index is 13.9. The number of halogens is 1. The minimum absolute atomic E-state index is 0.0103. The SMILES string of the molecule is O=C(N[C@H]1CN2CCC1CC2)C12CC3CC(CCF)(C1)C[C@@](c1ccccc1)(C3)C2. The van der Waals surface area contributed by atoms with E-state index in [0.717, 1.165) is 38.6 Å². The molecule has 7 aliphatic rings. The average Bonchev–Trinajstić information content (AvgIpc) is 2.74. The Kier molecular flexibility index (Phi) is 4.36. The fraction of sp³-hybridized carbons (Fsp3) is 0.731. The molecule has 6 bridgehead atoms. The fourth-order valence-corrected chi connectivity index (χ4v) is 8.93. The molecule has 4 saturated carbocycles. The van der Waals surface area contributed by atoms with E-state index in [1.54, 1.807) is 0 Å². The quantitative estimate of drug-likeness (QED) is 0.777. The van der Waals surface area contributed by atoms with Crippen LogP contribution in [0.3, 0.4) is 0 Å². The van der Waals surface area contributed by atoms with E-state index in [-0.39, 0.29) is 22.9 Å². The summed E-state index contributed by atoms with van der Waals surface area (Å²) >= 11 is 0. The Hall–Kier alpha value is -1.42. The first-order valence-electron chi connectivity index (χ1n) is 12.2. The molecule has 8 rings (SSSR count). The first kappa shape index (κ1) is 19.3. The summed E-state index contributed by atoms with van der Waals surface area (Å²) in [6, 6.07) is 11.2. The third-order valence-electron chi connectivity index (χ3n) is 9.65. The molecule has 7 fully saturated rings. The van der Waals surface area contributed by atoms with E-state index in [0.29, 0.717) is 30.2 Å². The van der Waals surface area contributed by atoms with Crippen molar-refractivity contribution in [3.63, 3.8) is 0 Å². The minimum Gasteiger partial charge on any atom is -0.351 e. The number of carbonyl (C=O) groups excluding carboxylic acids is 1. The maximum atomic E-state index is 13.9. The molecule has 3 heterocycles. The van der Waals surface area contributed by atoms with Crippen molar-refractivity contribution in [3.8, 4) is 0 Å². The molecule has 3 unspecified atom stereocenters. The summed E-state index contributed by atoms with van der Waals surface area (Å²) in [7, 11) is 0. The van der Waals surface area contributed by atoms with Crippen LogP contribution in [0.5, 0.6) is 0 Å². The molecule has 3 saturated heterocycles. The van der Waals surface area contributed by atoms with Crippen molar-refractivity contribution >= 4 is 5.91 Å². The third kappa shape index (κ3) is 2.89. The number of piperidine rings is 3. The van der Waals surface area contributed by atoms with Crippen molar-refractivity contribution in [1.29, 1.82) is 0 Å². The van der Waals surface area contributed by atoms with Crippen LogP contribution in [-0.4, -0.2) is 43.2 Å². The third-order valence-corrected chi connectivity index (χ3v) is 9.65. The molecule has 30 heavy (non-hydrogen) atoms. The van der Waals surface area contributed by atoms with Gasteiger partial charge in [0.1, 0.15) is 0 Å². The zero-order valence-electron chi connectivity index (χ0n) is 18.0. The predicted molar refractivity (Wildman–Crippen MR) is 116 cm³/mol. The minimum atomic E-state index is -0.295. The van der Waals surface area contributed by atoms with Crippen molar-refractivity contribution < 1.29 is 9.18 Å². The summed E-state index contributed by atoms with van der Waals surface area (Å²) in [6.07, 6.45) is 9.33. The Labute approximate surface area is 179 Å². The number of carbonyl (C=O) groups is 1. The van der Waals surface area contributed by atoms with Gasteiger partial charge in [-0.05, 0) is 99.1 Å². The van der Waals surface area contributed by atoms with Gasteiger partial charge < -0.3 is 10.2 Å². The number of hydrogen-bond acceptors (Lipinski definition) is 2. The molecular weight excluding hydrogens is 375 g/mol. The van der Waals surface area contributed by atoms with Crippen molar-refractivity contribution in [2.24, 2.45) is 22.7 Å². The predicted octanol–water partition coefficient (Wildman–Crippen LogP) is 4.46. The highest BCUT2D eigenvalue weighted by atomic mass is 19.1. The van der Waals surface area contributed by atoms with Crippen LogP contribution in [0.25, 0.3) is 0 Å². The molecular formula is C26H35FN2O. The Morgan fingerprint density at radius 2 is 1.87 bits per heavy atom. The summed E-state index contributed by atoms with van der Waals surface area (Å²) in [6.45, 7) is 3.16. The summed E-state index contributed by atoms with van der Waals surface area (Å²) in [5.74, 6) is 1.51. The van der Waals surface area contributed by atoms with E-state index in [1.807, 2.05) is 0 Å². The topological polar surface area (TPSA) is 32.3 Å². The Morgan fingerprint density at radius 3 is 2.57 bits per heavy atom. The van der Waals surface area contributed by atoms with Gasteiger partial charge in [-0.2, -0.15) is 0 Å². The number of fused-ring (bicyclic) bond motifs is 3. The molecule has 5 atom stereocenters. The lowest BCUT2D eigenvalue weighted by atomic mass is 9.38. The first-order valence-corrected chi connectivity index (χ1v) is 12.2. The van der Waals surface area contributed by atoms with Crippen LogP contribution in [0.1, 0.15) is 63.4 Å². The standard InChI is InChI=1S/C26H35FN2O/c27-9-8-24-12-19-13-25(16-24,21-4-2-1-3-5-21)18-26(14-19,17-24)23(30)28-22-15-29-10-6-20(22)7-11-29/h1-5,19-20,22H,6-18H2,(H,28,30)/t19?,22-,24?,25-,26?/m0/s1. The van der Waals surface area contributed by atoms with Crippen LogP contribution in [0.15, 0.2) is 30.3 Å². The van der Waals surface area contributed by atoms with Gasteiger partial charge in [-0.15, -0.1) is 0 Å². The summed E-state index contributed by atoms with van der Waals surface area (Å²) in [5.41, 5.74) is 1.16. The maximum Gasteiger partial charge on any atom is 0.226 e. The molecule has 4 heteroatoms. The molecule has 1 amide bonds. The van der Waals surface area contributed by atoms with Crippen LogP contribution in [0.2, 0.25) is 0 Å². The zero-order chi connectivity index (χ0) is 20.4. The summed E-state index contributed by atoms with van der Waals surface area (Å²) in [4.78, 5) is 16.5. The summed E-state index contributed by atoms with van der Waals surface area (Å²) in [5, 5.41) is 3.56. The van der Waals surface area contributed by atoms with Crippen molar-refractivity contribution in [2.75, 3.05) is 26.3 Å². The number of alkyl halides is 1. The average molecular weight is 411 g/mol. The lowest BCUT2D eigenvalue weighted by Gasteiger charge is -2.66. The van der Waals surface area contributed by atoms with E-state index < -0.39 is 0 Å². The van der Waals surface area contributed by atoms with Gasteiger partial charge in [0.15, 0.2) is 0 Å². The molecule has 1 aromatic carbocycles. The molecule has 162 valence electrons. The van der Waals surface area contributed by atoms with Crippen LogP contribution in [0, 0.1) is 22.7 Å². The van der Waals surface area contributed by atoms with Gasteiger partial charge in [-0.25, -0.2) is 0 Å².